The van der Waals surface area contributed by atoms with Gasteiger partial charge in [-0.1, -0.05) is 25.5 Å². The Labute approximate surface area is 162 Å². The normalized spacial score (nSPS) is 51.3. The highest BCUT2D eigenvalue weighted by atomic mass is 16.7. The number of hydrogen-bond acceptors (Lipinski definition) is 4. The largest absolute Gasteiger partial charge is 0.393 e. The van der Waals surface area contributed by atoms with E-state index in [0.717, 1.165) is 32.1 Å². The molecule has 1 N–H and O–H groups in total. The van der Waals surface area contributed by atoms with Crippen LogP contribution in [0.15, 0.2) is 11.6 Å². The van der Waals surface area contributed by atoms with Gasteiger partial charge in [-0.2, -0.15) is 0 Å². The van der Waals surface area contributed by atoms with Crippen molar-refractivity contribution < 1.29 is 19.4 Å². The van der Waals surface area contributed by atoms with Crippen molar-refractivity contribution in [2.75, 3.05) is 13.2 Å². The van der Waals surface area contributed by atoms with E-state index in [1.165, 1.54) is 12.0 Å². The fourth-order valence-corrected chi connectivity index (χ4v) is 8.06. The molecule has 4 nitrogen and oxygen atoms in total. The molecule has 5 rings (SSSR count). The number of ketones is 1. The zero-order chi connectivity index (χ0) is 19.0. The second kappa shape index (κ2) is 5.90. The summed E-state index contributed by atoms with van der Waals surface area (Å²) in [5.41, 5.74) is 1.29. The maximum atomic E-state index is 13.6. The third kappa shape index (κ3) is 2.42. The highest BCUT2D eigenvalue weighted by molar-refractivity contribution is 5.85. The molecule has 1 heterocycles. The molecule has 3 unspecified atom stereocenters. The number of carbonyl (C=O) groups excluding carboxylic acids is 1. The van der Waals surface area contributed by atoms with Gasteiger partial charge in [-0.25, -0.2) is 0 Å². The number of allylic oxidation sites excluding steroid dienone is 1. The summed E-state index contributed by atoms with van der Waals surface area (Å²) in [6.07, 6.45) is 8.64. The first kappa shape index (κ1) is 18.3. The first-order chi connectivity index (χ1) is 12.8. The van der Waals surface area contributed by atoms with Gasteiger partial charge in [0.15, 0.2) is 5.79 Å². The Hall–Kier alpha value is -0.710. The van der Waals surface area contributed by atoms with Crippen molar-refractivity contribution in [2.45, 2.75) is 77.6 Å². The summed E-state index contributed by atoms with van der Waals surface area (Å²) in [6, 6.07) is 0. The van der Waals surface area contributed by atoms with E-state index in [1.54, 1.807) is 0 Å². The Morgan fingerprint density at radius 3 is 2.59 bits per heavy atom. The molecule has 3 saturated carbocycles. The van der Waals surface area contributed by atoms with Gasteiger partial charge in [-0.05, 0) is 68.1 Å². The van der Waals surface area contributed by atoms with Crippen LogP contribution >= 0.6 is 0 Å². The van der Waals surface area contributed by atoms with E-state index in [1.807, 2.05) is 0 Å². The van der Waals surface area contributed by atoms with E-state index in [2.05, 4.69) is 26.8 Å². The van der Waals surface area contributed by atoms with Gasteiger partial charge in [0.05, 0.1) is 19.3 Å². The molecule has 4 fully saturated rings. The lowest BCUT2D eigenvalue weighted by molar-refractivity contribution is -0.213. The second-order valence-electron chi connectivity index (χ2n) is 10.5. The molecule has 0 aromatic heterocycles. The van der Waals surface area contributed by atoms with E-state index in [9.17, 15) is 9.90 Å². The predicted octanol–water partition coefficient (Wildman–Crippen LogP) is 3.87. The number of rotatable bonds is 1. The third-order valence-electron chi connectivity index (χ3n) is 9.26. The van der Waals surface area contributed by atoms with Crippen LogP contribution in [-0.4, -0.2) is 36.0 Å². The average Bonchev–Trinajstić information content (AvgIpc) is 3.19. The number of carbonyl (C=O) groups is 1. The maximum absolute atomic E-state index is 13.6. The fraction of sp³-hybridized carbons (Fsp3) is 0.870. The van der Waals surface area contributed by atoms with Crippen LogP contribution in [0.1, 0.15) is 65.7 Å². The molecular formula is C23H34O4. The van der Waals surface area contributed by atoms with E-state index in [-0.39, 0.29) is 22.9 Å². The van der Waals surface area contributed by atoms with Gasteiger partial charge in [0.2, 0.25) is 0 Å². The Balaban J connectivity index is 1.50. The van der Waals surface area contributed by atoms with Crippen LogP contribution in [0.25, 0.3) is 0 Å². The van der Waals surface area contributed by atoms with Crippen molar-refractivity contribution in [3.05, 3.63) is 11.6 Å². The summed E-state index contributed by atoms with van der Waals surface area (Å²) in [5.74, 6) is 1.38. The number of aliphatic hydroxyl groups excluding tert-OH is 1. The molecule has 0 radical (unpaired) electrons. The van der Waals surface area contributed by atoms with E-state index >= 15 is 0 Å². The molecule has 1 saturated heterocycles. The maximum Gasteiger partial charge on any atom is 0.169 e. The van der Waals surface area contributed by atoms with Crippen molar-refractivity contribution in [1.29, 1.82) is 0 Å². The molecule has 4 heteroatoms. The van der Waals surface area contributed by atoms with Gasteiger partial charge in [0.25, 0.3) is 0 Å². The average molecular weight is 375 g/mol. The summed E-state index contributed by atoms with van der Waals surface area (Å²) in [6.45, 7) is 8.07. The molecule has 0 aromatic carbocycles. The molecule has 0 bridgehead atoms. The molecule has 0 amide bonds. The molecule has 7 atom stereocenters. The smallest absolute Gasteiger partial charge is 0.169 e. The zero-order valence-corrected chi connectivity index (χ0v) is 17.0. The summed E-state index contributed by atoms with van der Waals surface area (Å²) in [4.78, 5) is 13.6. The fourth-order valence-electron chi connectivity index (χ4n) is 8.06. The molecule has 0 aromatic rings. The van der Waals surface area contributed by atoms with Crippen LogP contribution in [0.5, 0.6) is 0 Å². The lowest BCUT2D eigenvalue weighted by atomic mass is 9.46. The Morgan fingerprint density at radius 1 is 1.11 bits per heavy atom. The standard InChI is InChI=1S/C23H34O4/c1-21-9-8-15(24)12-14(21)4-5-16-17-6-7-19(23(3)26-10-11-27-23)22(17,2)13-18(25)20(16)21/h4,15-17,19-20,24H,5-13H2,1-3H3/t15-,16?,17?,19-,20?,21-,22-/m0/s1. The van der Waals surface area contributed by atoms with Crippen LogP contribution in [0, 0.1) is 34.5 Å². The van der Waals surface area contributed by atoms with Crippen molar-refractivity contribution in [2.24, 2.45) is 34.5 Å². The minimum absolute atomic E-state index is 0.0206. The van der Waals surface area contributed by atoms with Crippen LogP contribution in [0.4, 0.5) is 0 Å². The van der Waals surface area contributed by atoms with Crippen molar-refractivity contribution in [3.8, 4) is 0 Å². The molecule has 4 aliphatic carbocycles. The van der Waals surface area contributed by atoms with Gasteiger partial charge >= 0.3 is 0 Å². The van der Waals surface area contributed by atoms with Crippen LogP contribution in [-0.2, 0) is 14.3 Å². The number of Topliss-reactive ketones (excluding diaryl/α,β-unsaturated/α-hetero) is 1. The first-order valence-corrected chi connectivity index (χ1v) is 11.0. The van der Waals surface area contributed by atoms with Gasteiger partial charge in [0.1, 0.15) is 5.78 Å². The molecular weight excluding hydrogens is 340 g/mol. The van der Waals surface area contributed by atoms with Crippen molar-refractivity contribution in [1.82, 2.24) is 0 Å². The van der Waals surface area contributed by atoms with Crippen LogP contribution < -0.4 is 0 Å². The van der Waals surface area contributed by atoms with E-state index in [0.29, 0.717) is 43.2 Å². The molecule has 27 heavy (non-hydrogen) atoms. The van der Waals surface area contributed by atoms with Gasteiger partial charge in [-0.15, -0.1) is 0 Å². The topological polar surface area (TPSA) is 55.8 Å². The molecule has 150 valence electrons. The zero-order valence-electron chi connectivity index (χ0n) is 17.0. The number of ether oxygens (including phenoxy) is 2. The minimum atomic E-state index is -0.523. The quantitative estimate of drug-likeness (QED) is 0.708. The van der Waals surface area contributed by atoms with Gasteiger partial charge in [-0.3, -0.25) is 4.79 Å². The lowest BCUT2D eigenvalue weighted by Crippen LogP contribution is -2.56. The summed E-state index contributed by atoms with van der Waals surface area (Å²) in [5, 5.41) is 10.1. The van der Waals surface area contributed by atoms with Gasteiger partial charge in [0, 0.05) is 18.3 Å². The van der Waals surface area contributed by atoms with Crippen molar-refractivity contribution in [3.63, 3.8) is 0 Å². The van der Waals surface area contributed by atoms with Gasteiger partial charge < -0.3 is 14.6 Å². The third-order valence-corrected chi connectivity index (χ3v) is 9.26. The first-order valence-electron chi connectivity index (χ1n) is 11.0. The van der Waals surface area contributed by atoms with E-state index in [4.69, 9.17) is 9.47 Å². The highest BCUT2D eigenvalue weighted by Crippen LogP contribution is 2.67. The van der Waals surface area contributed by atoms with Crippen LogP contribution in [0.2, 0.25) is 0 Å². The Kier molecular flexibility index (Phi) is 4.00. The molecule has 0 spiro atoms. The highest BCUT2D eigenvalue weighted by Gasteiger charge is 2.65. The van der Waals surface area contributed by atoms with E-state index < -0.39 is 5.79 Å². The Bertz CT molecular complexity index is 678. The summed E-state index contributed by atoms with van der Waals surface area (Å²) >= 11 is 0. The Morgan fingerprint density at radius 2 is 1.85 bits per heavy atom. The molecule has 1 aliphatic heterocycles. The number of fused-ring (bicyclic) bond motifs is 5. The minimum Gasteiger partial charge on any atom is -0.393 e. The number of aliphatic hydroxyl groups is 1. The SMILES string of the molecule is CC1([C@H]2CCC3C4CC=C5C[C@@H](O)CC[C@]5(C)C4C(=O)C[C@@]32C)OCCO1. The predicted molar refractivity (Wildman–Crippen MR) is 102 cm³/mol. The lowest BCUT2D eigenvalue weighted by Gasteiger charge is -2.57. The molecule has 5 aliphatic rings. The van der Waals surface area contributed by atoms with Crippen LogP contribution in [0.3, 0.4) is 0 Å². The number of hydrogen-bond donors (Lipinski definition) is 1. The summed E-state index contributed by atoms with van der Waals surface area (Å²) in [7, 11) is 0. The van der Waals surface area contributed by atoms with Crippen molar-refractivity contribution >= 4 is 5.78 Å². The second-order valence-corrected chi connectivity index (χ2v) is 10.5. The monoisotopic (exact) mass is 374 g/mol. The summed E-state index contributed by atoms with van der Waals surface area (Å²) < 4.78 is 12.1.